The SMILES string of the molecule is CSC1(CN)CCN(Cc2ccccc2)CC1. The third-order valence-corrected chi connectivity index (χ3v) is 5.26. The number of benzene rings is 1. The Morgan fingerprint density at radius 3 is 2.41 bits per heavy atom. The summed E-state index contributed by atoms with van der Waals surface area (Å²) in [6.45, 7) is 4.24. The number of hydrogen-bond donors (Lipinski definition) is 1. The first-order valence-electron chi connectivity index (χ1n) is 6.29. The van der Waals surface area contributed by atoms with Gasteiger partial charge in [0.1, 0.15) is 0 Å². The molecule has 0 spiro atoms. The van der Waals surface area contributed by atoms with E-state index in [2.05, 4.69) is 41.5 Å². The van der Waals surface area contributed by atoms with Crippen LogP contribution < -0.4 is 5.73 Å². The number of thioether (sulfide) groups is 1. The summed E-state index contributed by atoms with van der Waals surface area (Å²) in [4.78, 5) is 2.54. The fraction of sp³-hybridized carbons (Fsp3) is 0.571. The van der Waals surface area contributed by atoms with Crippen molar-refractivity contribution in [3.05, 3.63) is 35.9 Å². The summed E-state index contributed by atoms with van der Waals surface area (Å²) in [7, 11) is 0. The predicted molar refractivity (Wildman–Crippen MR) is 76.3 cm³/mol. The van der Waals surface area contributed by atoms with Crippen molar-refractivity contribution in [2.75, 3.05) is 25.9 Å². The number of hydrogen-bond acceptors (Lipinski definition) is 3. The highest BCUT2D eigenvalue weighted by Gasteiger charge is 2.32. The highest BCUT2D eigenvalue weighted by Crippen LogP contribution is 2.33. The van der Waals surface area contributed by atoms with Gasteiger partial charge in [-0.2, -0.15) is 11.8 Å². The molecule has 1 fully saturated rings. The van der Waals surface area contributed by atoms with Crippen LogP contribution in [-0.4, -0.2) is 35.5 Å². The molecule has 3 heteroatoms. The number of likely N-dealkylation sites (tertiary alicyclic amines) is 1. The first-order chi connectivity index (χ1) is 8.28. The fourth-order valence-electron chi connectivity index (χ4n) is 2.45. The second kappa shape index (κ2) is 5.89. The Kier molecular flexibility index (Phi) is 4.48. The molecule has 2 nitrogen and oxygen atoms in total. The van der Waals surface area contributed by atoms with E-state index in [9.17, 15) is 0 Å². The number of nitrogens with two attached hydrogens (primary N) is 1. The molecule has 94 valence electrons. The molecule has 2 N–H and O–H groups in total. The Balaban J connectivity index is 1.87. The summed E-state index contributed by atoms with van der Waals surface area (Å²) < 4.78 is 0.340. The van der Waals surface area contributed by atoms with Crippen molar-refractivity contribution in [3.8, 4) is 0 Å². The Morgan fingerprint density at radius 2 is 1.88 bits per heavy atom. The van der Waals surface area contributed by atoms with Crippen LogP contribution in [0.3, 0.4) is 0 Å². The summed E-state index contributed by atoms with van der Waals surface area (Å²) in [5.74, 6) is 0. The van der Waals surface area contributed by atoms with E-state index in [0.717, 1.165) is 13.1 Å². The Bertz CT molecular complexity index is 325. The van der Waals surface area contributed by atoms with Crippen LogP contribution in [-0.2, 0) is 6.54 Å². The standard InChI is InChI=1S/C14H22N2S/c1-17-14(12-15)7-9-16(10-8-14)11-13-5-3-2-4-6-13/h2-6H,7-12,15H2,1H3. The van der Waals surface area contributed by atoms with Crippen molar-refractivity contribution in [2.45, 2.75) is 24.1 Å². The molecule has 0 radical (unpaired) electrons. The van der Waals surface area contributed by atoms with Crippen LogP contribution in [0.1, 0.15) is 18.4 Å². The lowest BCUT2D eigenvalue weighted by molar-refractivity contribution is 0.195. The minimum Gasteiger partial charge on any atom is -0.329 e. The topological polar surface area (TPSA) is 29.3 Å². The van der Waals surface area contributed by atoms with E-state index in [1.54, 1.807) is 0 Å². The van der Waals surface area contributed by atoms with E-state index in [4.69, 9.17) is 5.73 Å². The van der Waals surface area contributed by atoms with Crippen LogP contribution in [0.5, 0.6) is 0 Å². The smallest absolute Gasteiger partial charge is 0.0303 e. The molecule has 17 heavy (non-hydrogen) atoms. The Hall–Kier alpha value is -0.510. The highest BCUT2D eigenvalue weighted by atomic mass is 32.2. The number of piperidine rings is 1. The summed E-state index contributed by atoms with van der Waals surface area (Å²) in [6.07, 6.45) is 4.63. The van der Waals surface area contributed by atoms with Crippen LogP contribution in [0.25, 0.3) is 0 Å². The molecule has 1 saturated heterocycles. The molecule has 1 heterocycles. The lowest BCUT2D eigenvalue weighted by Crippen LogP contribution is -2.46. The zero-order valence-corrected chi connectivity index (χ0v) is 11.4. The van der Waals surface area contributed by atoms with Gasteiger partial charge in [0, 0.05) is 17.8 Å². The van der Waals surface area contributed by atoms with Gasteiger partial charge in [-0.1, -0.05) is 30.3 Å². The molecular formula is C14H22N2S. The van der Waals surface area contributed by atoms with Gasteiger partial charge in [-0.15, -0.1) is 0 Å². The molecule has 0 aromatic heterocycles. The van der Waals surface area contributed by atoms with Crippen molar-refractivity contribution >= 4 is 11.8 Å². The van der Waals surface area contributed by atoms with Crippen molar-refractivity contribution in [2.24, 2.45) is 5.73 Å². The maximum atomic E-state index is 5.91. The Morgan fingerprint density at radius 1 is 1.24 bits per heavy atom. The van der Waals surface area contributed by atoms with E-state index < -0.39 is 0 Å². The average Bonchev–Trinajstić information content (AvgIpc) is 2.41. The van der Waals surface area contributed by atoms with Gasteiger partial charge >= 0.3 is 0 Å². The quantitative estimate of drug-likeness (QED) is 0.889. The van der Waals surface area contributed by atoms with Gasteiger partial charge < -0.3 is 5.73 Å². The first-order valence-corrected chi connectivity index (χ1v) is 7.52. The number of rotatable bonds is 4. The lowest BCUT2D eigenvalue weighted by Gasteiger charge is -2.40. The molecule has 1 aromatic rings. The molecule has 0 amide bonds. The largest absolute Gasteiger partial charge is 0.329 e. The zero-order chi connectivity index (χ0) is 12.1. The van der Waals surface area contributed by atoms with Crippen molar-refractivity contribution in [1.29, 1.82) is 0 Å². The van der Waals surface area contributed by atoms with E-state index in [1.165, 1.54) is 31.5 Å². The van der Waals surface area contributed by atoms with Gasteiger partial charge in [0.2, 0.25) is 0 Å². The maximum absolute atomic E-state index is 5.91. The first kappa shape index (κ1) is 12.9. The normalized spacial score (nSPS) is 20.4. The second-order valence-corrected chi connectivity index (χ2v) is 6.13. The molecule has 0 unspecified atom stereocenters. The van der Waals surface area contributed by atoms with Crippen LogP contribution in [0, 0.1) is 0 Å². The molecule has 2 rings (SSSR count). The minimum atomic E-state index is 0.340. The summed E-state index contributed by atoms with van der Waals surface area (Å²) >= 11 is 1.95. The van der Waals surface area contributed by atoms with Gasteiger partial charge in [0.15, 0.2) is 0 Å². The zero-order valence-electron chi connectivity index (χ0n) is 10.6. The van der Waals surface area contributed by atoms with Crippen molar-refractivity contribution in [3.63, 3.8) is 0 Å². The van der Waals surface area contributed by atoms with Crippen LogP contribution in [0.15, 0.2) is 30.3 Å². The minimum absolute atomic E-state index is 0.340. The van der Waals surface area contributed by atoms with Gasteiger partial charge in [-0.25, -0.2) is 0 Å². The van der Waals surface area contributed by atoms with E-state index in [0.29, 0.717) is 4.75 Å². The van der Waals surface area contributed by atoms with Gasteiger partial charge in [0.05, 0.1) is 0 Å². The maximum Gasteiger partial charge on any atom is 0.0303 e. The molecule has 0 saturated carbocycles. The van der Waals surface area contributed by atoms with Gasteiger partial charge in [-0.05, 0) is 37.8 Å². The van der Waals surface area contributed by atoms with E-state index >= 15 is 0 Å². The third-order valence-electron chi connectivity index (χ3n) is 3.82. The third kappa shape index (κ3) is 3.24. The highest BCUT2D eigenvalue weighted by molar-refractivity contribution is 8.00. The molecule has 1 aliphatic heterocycles. The van der Waals surface area contributed by atoms with E-state index in [-0.39, 0.29) is 0 Å². The Labute approximate surface area is 109 Å². The summed E-state index contributed by atoms with van der Waals surface area (Å²) in [5.41, 5.74) is 7.32. The lowest BCUT2D eigenvalue weighted by atomic mass is 9.95. The molecule has 1 aromatic carbocycles. The molecule has 0 bridgehead atoms. The van der Waals surface area contributed by atoms with Crippen molar-refractivity contribution < 1.29 is 0 Å². The average molecular weight is 250 g/mol. The van der Waals surface area contributed by atoms with Crippen LogP contribution in [0.4, 0.5) is 0 Å². The summed E-state index contributed by atoms with van der Waals surface area (Å²) in [6, 6.07) is 10.7. The van der Waals surface area contributed by atoms with Gasteiger partial charge in [-0.3, -0.25) is 4.90 Å². The van der Waals surface area contributed by atoms with Crippen LogP contribution >= 0.6 is 11.8 Å². The van der Waals surface area contributed by atoms with Gasteiger partial charge in [0.25, 0.3) is 0 Å². The molecule has 1 aliphatic rings. The fourth-order valence-corrected chi connectivity index (χ4v) is 3.21. The number of nitrogens with zero attached hydrogens (tertiary/aromatic N) is 1. The summed E-state index contributed by atoms with van der Waals surface area (Å²) in [5, 5.41) is 0. The monoisotopic (exact) mass is 250 g/mol. The van der Waals surface area contributed by atoms with Crippen molar-refractivity contribution in [1.82, 2.24) is 4.90 Å². The van der Waals surface area contributed by atoms with Crippen LogP contribution in [0.2, 0.25) is 0 Å². The molecule has 0 atom stereocenters. The second-order valence-electron chi connectivity index (χ2n) is 4.85. The predicted octanol–water partition coefficient (Wildman–Crippen LogP) is 2.34. The molecular weight excluding hydrogens is 228 g/mol. The molecule has 0 aliphatic carbocycles. The van der Waals surface area contributed by atoms with E-state index in [1.807, 2.05) is 11.8 Å².